The van der Waals surface area contributed by atoms with Crippen LogP contribution in [0, 0.1) is 0 Å². The van der Waals surface area contributed by atoms with Crippen LogP contribution in [0.15, 0.2) is 0 Å². The molecule has 3 heteroatoms. The molecular formula is C3H4NOS. The van der Waals surface area contributed by atoms with Gasteiger partial charge in [-0.2, -0.15) is 0 Å². The van der Waals surface area contributed by atoms with Gasteiger partial charge in [0.2, 0.25) is 0 Å². The lowest BCUT2D eigenvalue weighted by atomic mass is 10.7. The number of hydrogen-bond donors (Lipinski definition) is 0. The summed E-state index contributed by atoms with van der Waals surface area (Å²) < 4.78 is 4.72. The average molecular weight is 102 g/mol. The Morgan fingerprint density at radius 2 is 2.67 bits per heavy atom. The summed E-state index contributed by atoms with van der Waals surface area (Å²) in [6, 6.07) is 0. The molecule has 1 radical (unpaired) electrons. The minimum absolute atomic E-state index is 0.412. The lowest BCUT2D eigenvalue weighted by Gasteiger charge is -1.82. The molecule has 0 aliphatic carbocycles. The van der Waals surface area contributed by atoms with Crippen molar-refractivity contribution in [1.82, 2.24) is 5.32 Å². The van der Waals surface area contributed by atoms with Gasteiger partial charge in [-0.05, 0) is 12.2 Å². The monoisotopic (exact) mass is 102 g/mol. The van der Waals surface area contributed by atoms with Gasteiger partial charge in [-0.25, -0.2) is 5.32 Å². The molecule has 1 fully saturated rings. The normalized spacial score (nSPS) is 19.7. The van der Waals surface area contributed by atoms with Crippen molar-refractivity contribution in [1.29, 1.82) is 0 Å². The number of thiocarbonyl (C=S) groups is 1. The van der Waals surface area contributed by atoms with Crippen LogP contribution in [-0.4, -0.2) is 18.3 Å². The number of ether oxygens (including phenoxy) is 1. The van der Waals surface area contributed by atoms with Crippen LogP contribution in [0.25, 0.3) is 0 Å². The Balaban J connectivity index is 2.37. The Kier molecular flexibility index (Phi) is 0.919. The zero-order valence-corrected chi connectivity index (χ0v) is 3.99. The maximum absolute atomic E-state index is 4.72. The molecule has 0 spiro atoms. The second kappa shape index (κ2) is 1.43. The molecule has 1 heterocycles. The molecule has 0 aromatic heterocycles. The van der Waals surface area contributed by atoms with Gasteiger partial charge in [0.05, 0.1) is 6.54 Å². The molecular weight excluding hydrogens is 98.1 g/mol. The van der Waals surface area contributed by atoms with Crippen molar-refractivity contribution in [3.63, 3.8) is 0 Å². The third kappa shape index (κ3) is 0.597. The molecule has 0 amide bonds. The molecule has 0 aromatic rings. The third-order valence-corrected chi connectivity index (χ3v) is 0.805. The topological polar surface area (TPSA) is 23.3 Å². The van der Waals surface area contributed by atoms with Gasteiger partial charge in [0.25, 0.3) is 5.17 Å². The first kappa shape index (κ1) is 3.87. The Morgan fingerprint density at radius 3 is 2.83 bits per heavy atom. The summed E-state index contributed by atoms with van der Waals surface area (Å²) in [5.74, 6) is 0. The van der Waals surface area contributed by atoms with Crippen molar-refractivity contribution in [2.24, 2.45) is 0 Å². The Morgan fingerprint density at radius 1 is 1.83 bits per heavy atom. The summed E-state index contributed by atoms with van der Waals surface area (Å²) >= 11 is 4.53. The molecule has 2 nitrogen and oxygen atoms in total. The largest absolute Gasteiger partial charge is 0.468 e. The highest BCUT2D eigenvalue weighted by Gasteiger charge is 2.04. The van der Waals surface area contributed by atoms with Gasteiger partial charge in [-0.15, -0.1) is 0 Å². The first-order chi connectivity index (χ1) is 2.89. The van der Waals surface area contributed by atoms with Crippen LogP contribution in [0.5, 0.6) is 0 Å². The molecule has 0 saturated carbocycles. The van der Waals surface area contributed by atoms with E-state index in [9.17, 15) is 0 Å². The van der Waals surface area contributed by atoms with E-state index in [1.807, 2.05) is 0 Å². The van der Waals surface area contributed by atoms with Gasteiger partial charge in [0.1, 0.15) is 6.61 Å². The molecule has 0 bridgehead atoms. The van der Waals surface area contributed by atoms with Crippen molar-refractivity contribution in [3.05, 3.63) is 0 Å². The Labute approximate surface area is 41.5 Å². The van der Waals surface area contributed by atoms with Crippen LogP contribution in [-0.2, 0) is 4.74 Å². The molecule has 33 valence electrons. The third-order valence-electron chi connectivity index (χ3n) is 0.558. The fourth-order valence-corrected chi connectivity index (χ4v) is 0.490. The van der Waals surface area contributed by atoms with Gasteiger partial charge < -0.3 is 4.74 Å². The molecule has 1 aliphatic rings. The highest BCUT2D eigenvalue weighted by molar-refractivity contribution is 7.80. The summed E-state index contributed by atoms with van der Waals surface area (Å²) in [6.07, 6.45) is 0. The molecule has 6 heavy (non-hydrogen) atoms. The van der Waals surface area contributed by atoms with E-state index in [1.165, 1.54) is 0 Å². The Bertz CT molecular complexity index is 65.2. The molecule has 0 aromatic carbocycles. The first-order valence-corrected chi connectivity index (χ1v) is 2.15. The minimum atomic E-state index is 0.412. The summed E-state index contributed by atoms with van der Waals surface area (Å²) in [5, 5.41) is 4.16. The summed E-state index contributed by atoms with van der Waals surface area (Å²) in [7, 11) is 0. The van der Waals surface area contributed by atoms with E-state index in [1.54, 1.807) is 0 Å². The van der Waals surface area contributed by atoms with Gasteiger partial charge in [-0.1, -0.05) is 0 Å². The molecule has 1 rings (SSSR count). The highest BCUT2D eigenvalue weighted by atomic mass is 32.1. The second-order valence-corrected chi connectivity index (χ2v) is 1.35. The smallest absolute Gasteiger partial charge is 0.278 e. The van der Waals surface area contributed by atoms with E-state index in [0.29, 0.717) is 11.8 Å². The van der Waals surface area contributed by atoms with Gasteiger partial charge in [0, 0.05) is 0 Å². The van der Waals surface area contributed by atoms with E-state index >= 15 is 0 Å². The van der Waals surface area contributed by atoms with Crippen molar-refractivity contribution in [3.8, 4) is 0 Å². The molecule has 0 N–H and O–H groups in total. The van der Waals surface area contributed by atoms with E-state index < -0.39 is 0 Å². The molecule has 0 atom stereocenters. The van der Waals surface area contributed by atoms with Crippen molar-refractivity contribution >= 4 is 17.4 Å². The summed E-state index contributed by atoms with van der Waals surface area (Å²) in [6.45, 7) is 1.43. The molecule has 0 unspecified atom stereocenters. The van der Waals surface area contributed by atoms with Crippen LogP contribution < -0.4 is 5.32 Å². The lowest BCUT2D eigenvalue weighted by Crippen LogP contribution is -2.01. The van der Waals surface area contributed by atoms with Crippen molar-refractivity contribution in [2.45, 2.75) is 0 Å². The van der Waals surface area contributed by atoms with Crippen molar-refractivity contribution in [2.75, 3.05) is 13.2 Å². The first-order valence-electron chi connectivity index (χ1n) is 1.74. The van der Waals surface area contributed by atoms with Gasteiger partial charge in [0.15, 0.2) is 0 Å². The van der Waals surface area contributed by atoms with Crippen LogP contribution in [0.3, 0.4) is 0 Å². The Hall–Kier alpha value is -0.310. The zero-order valence-electron chi connectivity index (χ0n) is 3.18. The van der Waals surface area contributed by atoms with Gasteiger partial charge >= 0.3 is 0 Å². The molecule has 1 saturated heterocycles. The second-order valence-electron chi connectivity index (χ2n) is 0.996. The van der Waals surface area contributed by atoms with E-state index in [4.69, 9.17) is 4.74 Å². The van der Waals surface area contributed by atoms with E-state index in [0.717, 1.165) is 6.54 Å². The van der Waals surface area contributed by atoms with Crippen molar-refractivity contribution < 1.29 is 4.74 Å². The number of hydrogen-bond acceptors (Lipinski definition) is 2. The predicted molar refractivity (Wildman–Crippen MR) is 25.6 cm³/mol. The zero-order chi connectivity index (χ0) is 4.41. The molecule has 1 aliphatic heterocycles. The maximum Gasteiger partial charge on any atom is 0.278 e. The van der Waals surface area contributed by atoms with Crippen LogP contribution >= 0.6 is 12.2 Å². The van der Waals surface area contributed by atoms with Crippen LogP contribution in [0.2, 0.25) is 0 Å². The minimum Gasteiger partial charge on any atom is -0.468 e. The highest BCUT2D eigenvalue weighted by Crippen LogP contribution is 1.86. The number of nitrogens with zero attached hydrogens (tertiary/aromatic N) is 1. The quantitative estimate of drug-likeness (QED) is 0.399. The SMILES string of the molecule is S=C1[N]CCO1. The average Bonchev–Trinajstić information content (AvgIpc) is 1.86. The summed E-state index contributed by atoms with van der Waals surface area (Å²) in [4.78, 5) is 0. The van der Waals surface area contributed by atoms with E-state index in [-0.39, 0.29) is 0 Å². The van der Waals surface area contributed by atoms with Crippen LogP contribution in [0.4, 0.5) is 0 Å². The fraction of sp³-hybridized carbons (Fsp3) is 0.667. The lowest BCUT2D eigenvalue weighted by molar-refractivity contribution is 0.361. The van der Waals surface area contributed by atoms with E-state index in [2.05, 4.69) is 17.5 Å². The maximum atomic E-state index is 4.72. The standard InChI is InChI=1S/C3H4NOS/c6-3-4-1-2-5-3/h1-2H2. The van der Waals surface area contributed by atoms with Crippen LogP contribution in [0.1, 0.15) is 0 Å². The number of rotatable bonds is 0. The summed E-state index contributed by atoms with van der Waals surface area (Å²) in [5.41, 5.74) is 0. The predicted octanol–water partition coefficient (Wildman–Crippen LogP) is -0.0941. The fourth-order valence-electron chi connectivity index (χ4n) is 0.316. The van der Waals surface area contributed by atoms with Gasteiger partial charge in [-0.3, -0.25) is 0 Å².